The van der Waals surface area contributed by atoms with Crippen LogP contribution < -0.4 is 17.2 Å². The largest absolute Gasteiger partial charge is 2.00 e. The van der Waals surface area contributed by atoms with Crippen molar-refractivity contribution in [2.24, 2.45) is 10.7 Å². The molecule has 0 unspecified atom stereocenters. The molecule has 0 saturated carbocycles. The van der Waals surface area contributed by atoms with Gasteiger partial charge in [0.15, 0.2) is 22.5 Å². The quantitative estimate of drug-likeness (QED) is 0.275. The van der Waals surface area contributed by atoms with Crippen molar-refractivity contribution >= 4 is 35.1 Å². The van der Waals surface area contributed by atoms with Gasteiger partial charge in [0.05, 0.1) is 0 Å². The fourth-order valence-electron chi connectivity index (χ4n) is 0.761. The average Bonchev–Trinajstić information content (AvgIpc) is 2.09. The third-order valence-electron chi connectivity index (χ3n) is 1.33. The standard InChI is InChI=1S/C6H8ClN7O.2CH3.W.Y/c7-2-4(9)13-3(8)1(12-2)5(15)14-6(10)11;;;;/h(H8,8,9,10,11,13,14,15);2*1H3;;/q;2*-1;+2;/p-1. The smallest absolute Gasteiger partial charge is 0.454 e. The molecule has 0 atom stereocenters. The van der Waals surface area contributed by atoms with Crippen LogP contribution in [-0.2, 0) is 53.8 Å². The van der Waals surface area contributed by atoms with Crippen LogP contribution in [0.4, 0.5) is 11.6 Å². The molecule has 0 aliphatic carbocycles. The van der Waals surface area contributed by atoms with Crippen LogP contribution in [0.3, 0.4) is 0 Å². The van der Waals surface area contributed by atoms with Crippen LogP contribution in [0, 0.1) is 14.9 Å². The van der Waals surface area contributed by atoms with Crippen LogP contribution >= 0.6 is 11.6 Å². The number of hydrogen-bond acceptors (Lipinski definition) is 5. The van der Waals surface area contributed by atoms with Crippen molar-refractivity contribution in [1.82, 2.24) is 9.97 Å². The number of nitrogens with two attached hydrogens (primary N) is 3. The molecule has 1 amide bonds. The molecule has 11 heteroatoms. The first kappa shape index (κ1) is 27.1. The van der Waals surface area contributed by atoms with Crippen molar-refractivity contribution in [1.29, 1.82) is 0 Å². The Kier molecular flexibility index (Phi) is 16.4. The van der Waals surface area contributed by atoms with Crippen molar-refractivity contribution < 1.29 is 58.6 Å². The van der Waals surface area contributed by atoms with E-state index < -0.39 is 11.9 Å². The van der Waals surface area contributed by atoms with E-state index in [0.29, 0.717) is 0 Å². The molecular weight excluding hydrogens is 518 g/mol. The summed E-state index contributed by atoms with van der Waals surface area (Å²) in [5, 5.41) is -0.161. The minimum atomic E-state index is -0.894. The first-order valence-corrected chi connectivity index (χ1v) is 3.98. The van der Waals surface area contributed by atoms with Gasteiger partial charge in [-0.3, -0.25) is 4.79 Å². The molecule has 8 nitrogen and oxygen atoms in total. The molecule has 0 aliphatic rings. The van der Waals surface area contributed by atoms with Gasteiger partial charge in [-0.2, -0.15) is 0 Å². The van der Waals surface area contributed by atoms with E-state index in [2.05, 4.69) is 15.0 Å². The normalized spacial score (nSPS) is 9.00. The monoisotopic (exact) mass is 531 g/mol. The summed E-state index contributed by atoms with van der Waals surface area (Å²) < 4.78 is 0. The number of aromatic nitrogens is 2. The minimum Gasteiger partial charge on any atom is -0.454 e. The average molecular weight is 531 g/mol. The number of nitrogen functional groups attached to an aromatic ring is 2. The second-order valence-corrected chi connectivity index (χ2v) is 2.79. The van der Waals surface area contributed by atoms with Crippen molar-refractivity contribution in [3.63, 3.8) is 0 Å². The molecule has 1 aromatic heterocycles. The number of aliphatic imine (C=N–C) groups is 1. The zero-order valence-electron chi connectivity index (χ0n) is 10.3. The number of amides is 1. The van der Waals surface area contributed by atoms with Gasteiger partial charge in [0.2, 0.25) is 5.91 Å². The number of hydrogen-bond donors (Lipinski definition) is 3. The number of nitrogens with one attached hydrogen (secondary N) is 1. The maximum Gasteiger partial charge on any atom is 2.00 e. The van der Waals surface area contributed by atoms with E-state index in [1.165, 1.54) is 0 Å². The molecule has 103 valence electrons. The van der Waals surface area contributed by atoms with Gasteiger partial charge in [0.25, 0.3) is 0 Å². The molecule has 7 N–H and O–H groups in total. The van der Waals surface area contributed by atoms with Gasteiger partial charge >= 0.3 is 21.1 Å². The Morgan fingerprint density at radius 1 is 1.21 bits per heavy atom. The van der Waals surface area contributed by atoms with Gasteiger partial charge in [-0.15, -0.1) is 0 Å². The van der Waals surface area contributed by atoms with Gasteiger partial charge < -0.3 is 42.8 Å². The molecule has 0 aromatic carbocycles. The summed E-state index contributed by atoms with van der Waals surface area (Å²) in [7, 11) is 0. The molecule has 1 radical (unpaired) electrons. The van der Waals surface area contributed by atoms with E-state index in [4.69, 9.17) is 34.5 Å². The number of halogens is 1. The van der Waals surface area contributed by atoms with E-state index >= 15 is 0 Å². The van der Waals surface area contributed by atoms with Gasteiger partial charge in [-0.1, -0.05) is 11.6 Å². The summed E-state index contributed by atoms with van der Waals surface area (Å²) in [5.74, 6) is -1.86. The molecule has 0 bridgehead atoms. The summed E-state index contributed by atoms with van der Waals surface area (Å²) in [6.45, 7) is 0. The Morgan fingerprint density at radius 2 is 1.68 bits per heavy atom. The number of anilines is 2. The third-order valence-corrected chi connectivity index (χ3v) is 1.61. The zero-order valence-corrected chi connectivity index (χ0v) is 16.9. The molecule has 0 fully saturated rings. The fraction of sp³-hybridized carbons (Fsp3) is 0. The zero-order chi connectivity index (χ0) is 11.6. The van der Waals surface area contributed by atoms with Crippen molar-refractivity contribution in [3.8, 4) is 0 Å². The van der Waals surface area contributed by atoms with Gasteiger partial charge in [0.1, 0.15) is 0 Å². The van der Waals surface area contributed by atoms with E-state index in [0.717, 1.165) is 0 Å². The summed E-state index contributed by atoms with van der Waals surface area (Å²) in [5.41, 5.74) is 22.1. The predicted octanol–water partition coefficient (Wildman–Crippen LogP) is 0.697. The number of carbonyl (C=O) groups excluding carboxylic acids is 1. The second kappa shape index (κ2) is 11.5. The summed E-state index contributed by atoms with van der Waals surface area (Å²) in [6.07, 6.45) is 0. The first-order valence-electron chi connectivity index (χ1n) is 3.60. The van der Waals surface area contributed by atoms with Crippen molar-refractivity contribution in [3.05, 3.63) is 31.4 Å². The van der Waals surface area contributed by atoms with Gasteiger partial charge in [-0.25, -0.2) is 9.97 Å². The Bertz CT molecular complexity index is 453. The topological polar surface area (TPSA) is 157 Å². The Hall–Kier alpha value is -0.298. The van der Waals surface area contributed by atoms with Crippen LogP contribution in [0.2, 0.25) is 5.15 Å². The van der Waals surface area contributed by atoms with E-state index in [1.807, 2.05) is 0 Å². The second-order valence-electron chi connectivity index (χ2n) is 2.44. The molecule has 0 aliphatic heterocycles. The maximum absolute atomic E-state index is 11.3. The number of carbonyl (C=O) groups is 1. The number of guanidine groups is 1. The molecule has 0 spiro atoms. The van der Waals surface area contributed by atoms with Crippen LogP contribution in [0.15, 0.2) is 4.99 Å². The van der Waals surface area contributed by atoms with Crippen LogP contribution in [0.1, 0.15) is 10.5 Å². The van der Waals surface area contributed by atoms with Crippen LogP contribution in [0.5, 0.6) is 0 Å². The molecule has 1 aromatic rings. The van der Waals surface area contributed by atoms with Crippen LogP contribution in [0.25, 0.3) is 5.73 Å². The minimum absolute atomic E-state index is 0. The van der Waals surface area contributed by atoms with E-state index in [-0.39, 0.29) is 91.1 Å². The molecular formula is C8H13ClN7OWY-. The Labute approximate surface area is 156 Å². The summed E-state index contributed by atoms with van der Waals surface area (Å²) in [6, 6.07) is 0. The van der Waals surface area contributed by atoms with E-state index in [9.17, 15) is 4.79 Å². The molecule has 0 saturated heterocycles. The number of nitrogens with zero attached hydrogens (tertiary/aromatic N) is 3. The summed E-state index contributed by atoms with van der Waals surface area (Å²) >= 11 is 5.53. The van der Waals surface area contributed by atoms with Crippen LogP contribution in [-0.4, -0.2) is 21.8 Å². The Balaban J connectivity index is -0.000000281. The first-order chi connectivity index (χ1) is 6.91. The fourth-order valence-corrected chi connectivity index (χ4v) is 0.888. The Morgan fingerprint density at radius 3 is 2.11 bits per heavy atom. The predicted molar refractivity (Wildman–Crippen MR) is 69.0 cm³/mol. The summed E-state index contributed by atoms with van der Waals surface area (Å²) in [4.78, 5) is 21.5. The number of rotatable bonds is 1. The van der Waals surface area contributed by atoms with Crippen molar-refractivity contribution in [2.75, 3.05) is 11.5 Å². The van der Waals surface area contributed by atoms with Gasteiger partial charge in [-0.05, 0) is 0 Å². The molecule has 1 rings (SSSR count). The maximum atomic E-state index is 11.3. The molecule has 19 heavy (non-hydrogen) atoms. The van der Waals surface area contributed by atoms with E-state index in [1.54, 1.807) is 0 Å². The third kappa shape index (κ3) is 7.77. The van der Waals surface area contributed by atoms with Gasteiger partial charge in [0, 0.05) is 38.7 Å². The molecule has 1 heterocycles. The SMILES string of the molecule is [CH3-].[CH3-].[NH-]C(N)=NC(=O)c1nc(Cl)c(N)nc1N.[W+2].[Y]. The van der Waals surface area contributed by atoms with Crippen molar-refractivity contribution in [2.45, 2.75) is 0 Å².